The Kier molecular flexibility index (Phi) is 6.99. The first-order chi connectivity index (χ1) is 8.69. The molecule has 2 N–H and O–H groups in total. The monoisotopic (exact) mass is 249 g/mol. The minimum Gasteiger partial charge on any atom is -0.396 e. The van der Waals surface area contributed by atoms with Crippen LogP contribution in [0.5, 0.6) is 0 Å². The molecule has 2 nitrogen and oxygen atoms in total. The topological polar surface area (TPSA) is 32.3 Å². The number of benzene rings is 1. The molecule has 0 bridgehead atoms. The summed E-state index contributed by atoms with van der Waals surface area (Å²) in [7, 11) is 0. The summed E-state index contributed by atoms with van der Waals surface area (Å²) < 4.78 is 0. The predicted molar refractivity (Wildman–Crippen MR) is 77.5 cm³/mol. The zero-order valence-electron chi connectivity index (χ0n) is 11.9. The molecule has 0 amide bonds. The molecule has 0 saturated carbocycles. The van der Waals surface area contributed by atoms with Crippen LogP contribution in [0.25, 0.3) is 0 Å². The fourth-order valence-corrected chi connectivity index (χ4v) is 2.33. The van der Waals surface area contributed by atoms with Gasteiger partial charge in [-0.25, -0.2) is 0 Å². The summed E-state index contributed by atoms with van der Waals surface area (Å²) in [5.74, 6) is 1.14. The van der Waals surface area contributed by atoms with Gasteiger partial charge in [-0.15, -0.1) is 0 Å². The highest BCUT2D eigenvalue weighted by atomic mass is 16.3. The molecule has 1 aromatic carbocycles. The van der Waals surface area contributed by atoms with Gasteiger partial charge in [-0.2, -0.15) is 0 Å². The van der Waals surface area contributed by atoms with E-state index in [4.69, 9.17) is 5.11 Å². The average molecular weight is 249 g/mol. The van der Waals surface area contributed by atoms with Gasteiger partial charge in [0.25, 0.3) is 0 Å². The van der Waals surface area contributed by atoms with Gasteiger partial charge in [0.15, 0.2) is 0 Å². The van der Waals surface area contributed by atoms with Crippen LogP contribution in [0.2, 0.25) is 0 Å². The van der Waals surface area contributed by atoms with Gasteiger partial charge >= 0.3 is 0 Å². The SMILES string of the molecule is CCC(CCO)CNC(c1ccccc1)C(C)C. The number of hydrogen-bond acceptors (Lipinski definition) is 2. The second kappa shape index (κ2) is 8.28. The number of hydrogen-bond donors (Lipinski definition) is 2. The average Bonchev–Trinajstić information content (AvgIpc) is 2.38. The standard InChI is InChI=1S/C16H27NO/c1-4-14(10-11-18)12-17-16(13(2)3)15-8-6-5-7-9-15/h5-9,13-14,16-18H,4,10-12H2,1-3H3. The van der Waals surface area contributed by atoms with Crippen molar-refractivity contribution in [3.05, 3.63) is 35.9 Å². The first-order valence-corrected chi connectivity index (χ1v) is 7.08. The second-order valence-corrected chi connectivity index (χ2v) is 5.33. The minimum atomic E-state index is 0.290. The van der Waals surface area contributed by atoms with Crippen molar-refractivity contribution in [3.8, 4) is 0 Å². The quantitative estimate of drug-likeness (QED) is 0.740. The van der Waals surface area contributed by atoms with Crippen molar-refractivity contribution < 1.29 is 5.11 Å². The van der Waals surface area contributed by atoms with E-state index < -0.39 is 0 Å². The predicted octanol–water partition coefficient (Wildman–Crippen LogP) is 3.38. The third kappa shape index (κ3) is 4.79. The Bertz CT molecular complexity index is 310. The van der Waals surface area contributed by atoms with E-state index in [1.165, 1.54) is 5.56 Å². The second-order valence-electron chi connectivity index (χ2n) is 5.33. The molecular formula is C16H27NO. The zero-order chi connectivity index (χ0) is 13.4. The van der Waals surface area contributed by atoms with E-state index in [0.717, 1.165) is 19.4 Å². The summed E-state index contributed by atoms with van der Waals surface area (Å²) in [6.45, 7) is 7.96. The van der Waals surface area contributed by atoms with Crippen LogP contribution in [-0.2, 0) is 0 Å². The van der Waals surface area contributed by atoms with E-state index in [9.17, 15) is 0 Å². The molecule has 0 aliphatic carbocycles. The van der Waals surface area contributed by atoms with E-state index in [1.807, 2.05) is 0 Å². The fraction of sp³-hybridized carbons (Fsp3) is 0.625. The smallest absolute Gasteiger partial charge is 0.0434 e. The van der Waals surface area contributed by atoms with E-state index >= 15 is 0 Å². The number of rotatable bonds is 8. The zero-order valence-corrected chi connectivity index (χ0v) is 11.9. The molecule has 0 aliphatic heterocycles. The van der Waals surface area contributed by atoms with Gasteiger partial charge in [0.2, 0.25) is 0 Å². The van der Waals surface area contributed by atoms with Crippen molar-refractivity contribution in [2.45, 2.75) is 39.7 Å². The maximum Gasteiger partial charge on any atom is 0.0434 e. The van der Waals surface area contributed by atoms with Crippen molar-refractivity contribution in [1.29, 1.82) is 0 Å². The Balaban J connectivity index is 2.59. The van der Waals surface area contributed by atoms with Crippen LogP contribution in [0.4, 0.5) is 0 Å². The molecule has 2 heteroatoms. The molecule has 0 saturated heterocycles. The summed E-state index contributed by atoms with van der Waals surface area (Å²) in [5.41, 5.74) is 1.35. The van der Waals surface area contributed by atoms with E-state index in [0.29, 0.717) is 17.9 Å². The fourth-order valence-electron chi connectivity index (χ4n) is 2.33. The van der Waals surface area contributed by atoms with Crippen LogP contribution in [0.1, 0.15) is 45.2 Å². The molecule has 102 valence electrons. The Morgan fingerprint density at radius 1 is 1.17 bits per heavy atom. The Hall–Kier alpha value is -0.860. The molecule has 2 atom stereocenters. The van der Waals surface area contributed by atoms with Gasteiger partial charge in [0, 0.05) is 12.6 Å². The normalized spacial score (nSPS) is 14.7. The minimum absolute atomic E-state index is 0.290. The third-order valence-electron chi connectivity index (χ3n) is 3.57. The molecule has 2 unspecified atom stereocenters. The third-order valence-corrected chi connectivity index (χ3v) is 3.57. The van der Waals surface area contributed by atoms with E-state index in [-0.39, 0.29) is 6.61 Å². The molecule has 0 heterocycles. The first kappa shape index (κ1) is 15.2. The maximum absolute atomic E-state index is 9.03. The van der Waals surface area contributed by atoms with Crippen LogP contribution in [0.15, 0.2) is 30.3 Å². The summed E-state index contributed by atoms with van der Waals surface area (Å²) in [6.07, 6.45) is 2.01. The summed E-state index contributed by atoms with van der Waals surface area (Å²) >= 11 is 0. The molecule has 1 rings (SSSR count). The van der Waals surface area contributed by atoms with Gasteiger partial charge in [-0.1, -0.05) is 57.5 Å². The van der Waals surface area contributed by atoms with E-state index in [2.05, 4.69) is 56.4 Å². The number of aliphatic hydroxyl groups excluding tert-OH is 1. The maximum atomic E-state index is 9.03. The highest BCUT2D eigenvalue weighted by Gasteiger charge is 2.16. The molecule has 0 radical (unpaired) electrons. The largest absolute Gasteiger partial charge is 0.396 e. The van der Waals surface area contributed by atoms with Crippen molar-refractivity contribution in [3.63, 3.8) is 0 Å². The van der Waals surface area contributed by atoms with Gasteiger partial charge in [-0.05, 0) is 30.4 Å². The Labute approximate surface area is 111 Å². The van der Waals surface area contributed by atoms with Crippen LogP contribution in [0, 0.1) is 11.8 Å². The molecule has 0 fully saturated rings. The molecule has 18 heavy (non-hydrogen) atoms. The summed E-state index contributed by atoms with van der Waals surface area (Å²) in [5, 5.41) is 12.7. The lowest BCUT2D eigenvalue weighted by molar-refractivity contribution is 0.245. The van der Waals surface area contributed by atoms with E-state index in [1.54, 1.807) is 0 Å². The highest BCUT2D eigenvalue weighted by molar-refractivity contribution is 5.19. The van der Waals surface area contributed by atoms with Crippen molar-refractivity contribution >= 4 is 0 Å². The van der Waals surface area contributed by atoms with Crippen LogP contribution in [0.3, 0.4) is 0 Å². The van der Waals surface area contributed by atoms with Crippen LogP contribution in [-0.4, -0.2) is 18.3 Å². The lowest BCUT2D eigenvalue weighted by atomic mass is 9.94. The summed E-state index contributed by atoms with van der Waals surface area (Å²) in [4.78, 5) is 0. The molecule has 0 aromatic heterocycles. The molecule has 0 aliphatic rings. The van der Waals surface area contributed by atoms with Gasteiger partial charge in [0.05, 0.1) is 0 Å². The van der Waals surface area contributed by atoms with Crippen molar-refractivity contribution in [2.75, 3.05) is 13.2 Å². The molecule has 1 aromatic rings. The van der Waals surface area contributed by atoms with Gasteiger partial charge in [-0.3, -0.25) is 0 Å². The summed E-state index contributed by atoms with van der Waals surface area (Å²) in [6, 6.07) is 11.0. The first-order valence-electron chi connectivity index (χ1n) is 7.08. The lowest BCUT2D eigenvalue weighted by Gasteiger charge is -2.25. The number of nitrogens with one attached hydrogen (secondary N) is 1. The Morgan fingerprint density at radius 2 is 1.83 bits per heavy atom. The van der Waals surface area contributed by atoms with Gasteiger partial charge < -0.3 is 10.4 Å². The Morgan fingerprint density at radius 3 is 2.33 bits per heavy atom. The lowest BCUT2D eigenvalue weighted by Crippen LogP contribution is -2.30. The molecule has 0 spiro atoms. The van der Waals surface area contributed by atoms with Crippen molar-refractivity contribution in [1.82, 2.24) is 5.32 Å². The highest BCUT2D eigenvalue weighted by Crippen LogP contribution is 2.22. The van der Waals surface area contributed by atoms with Gasteiger partial charge in [0.1, 0.15) is 0 Å². The van der Waals surface area contributed by atoms with Crippen molar-refractivity contribution in [2.24, 2.45) is 11.8 Å². The number of aliphatic hydroxyl groups is 1. The van der Waals surface area contributed by atoms with Crippen LogP contribution >= 0.6 is 0 Å². The molecular weight excluding hydrogens is 222 g/mol. The van der Waals surface area contributed by atoms with Crippen LogP contribution < -0.4 is 5.32 Å².